The first-order valence-corrected chi connectivity index (χ1v) is 5.39. The SMILES string of the molecule is O=C(O)n1ccnc1Cc1cccc2c1OCO2. The zero-order chi connectivity index (χ0) is 12.5. The lowest BCUT2D eigenvalue weighted by molar-refractivity contribution is 0.173. The van der Waals surface area contributed by atoms with Crippen LogP contribution in [0.25, 0.3) is 0 Å². The maximum Gasteiger partial charge on any atom is 0.417 e. The number of hydrogen-bond donors (Lipinski definition) is 1. The van der Waals surface area contributed by atoms with Crippen molar-refractivity contribution in [3.8, 4) is 11.5 Å². The van der Waals surface area contributed by atoms with Gasteiger partial charge < -0.3 is 14.6 Å². The van der Waals surface area contributed by atoms with Crippen molar-refractivity contribution in [2.75, 3.05) is 6.79 Å². The highest BCUT2D eigenvalue weighted by Crippen LogP contribution is 2.36. The van der Waals surface area contributed by atoms with Crippen molar-refractivity contribution in [3.63, 3.8) is 0 Å². The molecule has 6 heteroatoms. The van der Waals surface area contributed by atoms with E-state index in [2.05, 4.69) is 4.98 Å². The van der Waals surface area contributed by atoms with E-state index < -0.39 is 6.09 Å². The Morgan fingerprint density at radius 3 is 3.17 bits per heavy atom. The van der Waals surface area contributed by atoms with Gasteiger partial charge in [0.2, 0.25) is 6.79 Å². The summed E-state index contributed by atoms with van der Waals surface area (Å²) in [7, 11) is 0. The predicted octanol–water partition coefficient (Wildman–Crippen LogP) is 1.73. The minimum atomic E-state index is -1.05. The van der Waals surface area contributed by atoms with Crippen molar-refractivity contribution in [3.05, 3.63) is 42.0 Å². The third-order valence-corrected chi connectivity index (χ3v) is 2.75. The molecule has 0 bridgehead atoms. The van der Waals surface area contributed by atoms with Crippen LogP contribution < -0.4 is 9.47 Å². The summed E-state index contributed by atoms with van der Waals surface area (Å²) in [5.41, 5.74) is 0.860. The van der Waals surface area contributed by atoms with Gasteiger partial charge in [0.05, 0.1) is 0 Å². The largest absolute Gasteiger partial charge is 0.464 e. The van der Waals surface area contributed by atoms with E-state index in [1.807, 2.05) is 18.2 Å². The lowest BCUT2D eigenvalue weighted by Gasteiger charge is -2.05. The fraction of sp³-hybridized carbons (Fsp3) is 0.167. The highest BCUT2D eigenvalue weighted by molar-refractivity contribution is 5.68. The van der Waals surface area contributed by atoms with Crippen LogP contribution >= 0.6 is 0 Å². The van der Waals surface area contributed by atoms with Crippen molar-refractivity contribution in [1.29, 1.82) is 0 Å². The molecule has 1 aliphatic heterocycles. The fourth-order valence-corrected chi connectivity index (χ4v) is 1.94. The van der Waals surface area contributed by atoms with E-state index in [0.717, 1.165) is 10.1 Å². The van der Waals surface area contributed by atoms with E-state index in [-0.39, 0.29) is 6.79 Å². The predicted molar refractivity (Wildman–Crippen MR) is 61.0 cm³/mol. The van der Waals surface area contributed by atoms with Crippen molar-refractivity contribution < 1.29 is 19.4 Å². The first kappa shape index (κ1) is 10.6. The Kier molecular flexibility index (Phi) is 2.40. The summed E-state index contributed by atoms with van der Waals surface area (Å²) in [6.07, 6.45) is 2.21. The Bertz CT molecular complexity index is 606. The molecule has 2 heterocycles. The minimum absolute atomic E-state index is 0.194. The van der Waals surface area contributed by atoms with E-state index in [9.17, 15) is 4.79 Å². The van der Waals surface area contributed by atoms with Gasteiger partial charge in [0, 0.05) is 24.4 Å². The summed E-state index contributed by atoms with van der Waals surface area (Å²) < 4.78 is 11.7. The topological polar surface area (TPSA) is 73.6 Å². The van der Waals surface area contributed by atoms with E-state index in [4.69, 9.17) is 14.6 Å². The molecular weight excluding hydrogens is 236 g/mol. The lowest BCUT2D eigenvalue weighted by Crippen LogP contribution is -2.11. The van der Waals surface area contributed by atoms with Gasteiger partial charge >= 0.3 is 6.09 Å². The molecule has 1 aliphatic rings. The molecular formula is C12H10N2O4. The summed E-state index contributed by atoms with van der Waals surface area (Å²) in [4.78, 5) is 15.0. The van der Waals surface area contributed by atoms with Gasteiger partial charge in [-0.3, -0.25) is 0 Å². The third kappa shape index (κ3) is 1.67. The second kappa shape index (κ2) is 4.06. The minimum Gasteiger partial charge on any atom is -0.464 e. The van der Waals surface area contributed by atoms with Crippen LogP contribution in [0.1, 0.15) is 11.4 Å². The molecule has 6 nitrogen and oxygen atoms in total. The number of carbonyl (C=O) groups is 1. The van der Waals surface area contributed by atoms with Gasteiger partial charge in [0.15, 0.2) is 11.5 Å². The van der Waals surface area contributed by atoms with E-state index >= 15 is 0 Å². The zero-order valence-electron chi connectivity index (χ0n) is 9.37. The number of hydrogen-bond acceptors (Lipinski definition) is 4. The van der Waals surface area contributed by atoms with Gasteiger partial charge in [-0.1, -0.05) is 12.1 Å². The maximum atomic E-state index is 11.0. The molecule has 1 aromatic heterocycles. The van der Waals surface area contributed by atoms with Crippen LogP contribution in [0.3, 0.4) is 0 Å². The van der Waals surface area contributed by atoms with Crippen molar-refractivity contribution in [2.24, 2.45) is 0 Å². The second-order valence-corrected chi connectivity index (χ2v) is 3.82. The number of benzene rings is 1. The van der Waals surface area contributed by atoms with Crippen LogP contribution in [0.5, 0.6) is 11.5 Å². The van der Waals surface area contributed by atoms with Crippen LogP contribution in [0.15, 0.2) is 30.6 Å². The van der Waals surface area contributed by atoms with Gasteiger partial charge in [0.1, 0.15) is 5.82 Å². The number of fused-ring (bicyclic) bond motifs is 1. The van der Waals surface area contributed by atoms with E-state index in [0.29, 0.717) is 23.7 Å². The monoisotopic (exact) mass is 246 g/mol. The molecule has 0 atom stereocenters. The fourth-order valence-electron chi connectivity index (χ4n) is 1.94. The Hall–Kier alpha value is -2.50. The lowest BCUT2D eigenvalue weighted by atomic mass is 10.1. The molecule has 18 heavy (non-hydrogen) atoms. The number of para-hydroxylation sites is 1. The molecule has 92 valence electrons. The zero-order valence-corrected chi connectivity index (χ0v) is 9.37. The highest BCUT2D eigenvalue weighted by Gasteiger charge is 2.19. The van der Waals surface area contributed by atoms with Gasteiger partial charge in [-0.05, 0) is 6.07 Å². The van der Waals surface area contributed by atoms with Gasteiger partial charge in [-0.25, -0.2) is 14.3 Å². The average Bonchev–Trinajstić information content (AvgIpc) is 2.96. The van der Waals surface area contributed by atoms with Crippen LogP contribution in [-0.2, 0) is 6.42 Å². The summed E-state index contributed by atoms with van der Waals surface area (Å²) in [6.45, 7) is 0.194. The maximum absolute atomic E-state index is 11.0. The summed E-state index contributed by atoms with van der Waals surface area (Å²) in [5, 5.41) is 8.99. The van der Waals surface area contributed by atoms with Gasteiger partial charge in [0.25, 0.3) is 0 Å². The van der Waals surface area contributed by atoms with Gasteiger partial charge in [-0.15, -0.1) is 0 Å². The number of aromatic nitrogens is 2. The molecule has 0 unspecified atom stereocenters. The Morgan fingerprint density at radius 1 is 1.44 bits per heavy atom. The Labute approximate surface area is 102 Å². The molecule has 0 amide bonds. The Balaban J connectivity index is 1.96. The number of rotatable bonds is 2. The molecule has 3 rings (SSSR count). The van der Waals surface area contributed by atoms with Crippen LogP contribution in [0.2, 0.25) is 0 Å². The standard InChI is InChI=1S/C12H10N2O4/c15-12(16)14-5-4-13-10(14)6-8-2-1-3-9-11(8)18-7-17-9/h1-5H,6-7H2,(H,15,16). The first-order chi connectivity index (χ1) is 8.75. The molecule has 0 saturated carbocycles. The average molecular weight is 246 g/mol. The molecule has 0 spiro atoms. The number of carboxylic acid groups (broad SMARTS) is 1. The molecule has 0 saturated heterocycles. The second-order valence-electron chi connectivity index (χ2n) is 3.82. The molecule has 0 aliphatic carbocycles. The summed E-state index contributed by atoms with van der Waals surface area (Å²) >= 11 is 0. The number of imidazole rings is 1. The smallest absolute Gasteiger partial charge is 0.417 e. The van der Waals surface area contributed by atoms with E-state index in [1.165, 1.54) is 12.4 Å². The van der Waals surface area contributed by atoms with Crippen molar-refractivity contribution >= 4 is 6.09 Å². The molecule has 1 aromatic carbocycles. The quantitative estimate of drug-likeness (QED) is 0.873. The molecule has 1 N–H and O–H groups in total. The van der Waals surface area contributed by atoms with Crippen molar-refractivity contribution in [1.82, 2.24) is 9.55 Å². The van der Waals surface area contributed by atoms with E-state index in [1.54, 1.807) is 0 Å². The molecule has 0 radical (unpaired) electrons. The van der Waals surface area contributed by atoms with Crippen molar-refractivity contribution in [2.45, 2.75) is 6.42 Å². The molecule has 0 fully saturated rings. The van der Waals surface area contributed by atoms with Gasteiger partial charge in [-0.2, -0.15) is 0 Å². The Morgan fingerprint density at radius 2 is 2.33 bits per heavy atom. The summed E-state index contributed by atoms with van der Waals surface area (Å²) in [6, 6.07) is 5.53. The first-order valence-electron chi connectivity index (χ1n) is 5.39. The van der Waals surface area contributed by atoms with Crippen LogP contribution in [0, 0.1) is 0 Å². The molecule has 2 aromatic rings. The number of ether oxygens (including phenoxy) is 2. The third-order valence-electron chi connectivity index (χ3n) is 2.75. The summed E-state index contributed by atoms with van der Waals surface area (Å²) in [5.74, 6) is 1.80. The van der Waals surface area contributed by atoms with Crippen LogP contribution in [0.4, 0.5) is 4.79 Å². The normalized spacial score (nSPS) is 12.7. The van der Waals surface area contributed by atoms with Crippen LogP contribution in [-0.4, -0.2) is 27.5 Å². The highest BCUT2D eigenvalue weighted by atomic mass is 16.7. The number of nitrogens with zero attached hydrogens (tertiary/aromatic N) is 2.